The maximum absolute atomic E-state index is 12.8. The Kier molecular flexibility index (Phi) is 5.35. The van der Waals surface area contributed by atoms with Crippen molar-refractivity contribution in [3.8, 4) is 0 Å². The van der Waals surface area contributed by atoms with Crippen LogP contribution in [0.4, 0.5) is 18.0 Å². The Labute approximate surface area is 127 Å². The predicted molar refractivity (Wildman–Crippen MR) is 72.3 cm³/mol. The maximum Gasteiger partial charge on any atom is 0.407 e. The zero-order chi connectivity index (χ0) is 17.2. The van der Waals surface area contributed by atoms with Crippen LogP contribution in [-0.4, -0.2) is 35.5 Å². The molecule has 0 spiro atoms. The molecule has 1 aliphatic carbocycles. The molecule has 0 aliphatic heterocycles. The van der Waals surface area contributed by atoms with E-state index in [2.05, 4.69) is 5.32 Å². The van der Waals surface area contributed by atoms with Crippen LogP contribution in [0.3, 0.4) is 0 Å². The molecule has 5 nitrogen and oxygen atoms in total. The average Bonchev–Trinajstić information content (AvgIpc) is 3.05. The molecule has 1 saturated carbocycles. The van der Waals surface area contributed by atoms with Crippen LogP contribution in [-0.2, 0) is 9.53 Å². The topological polar surface area (TPSA) is 75.6 Å². The number of carboxylic acids is 1. The van der Waals surface area contributed by atoms with E-state index >= 15 is 0 Å². The molecule has 1 rings (SSSR count). The normalized spacial score (nSPS) is 18.5. The Hall–Kier alpha value is -1.47. The summed E-state index contributed by atoms with van der Waals surface area (Å²) in [5, 5.41) is 11.5. The van der Waals surface area contributed by atoms with Gasteiger partial charge < -0.3 is 15.2 Å². The first-order chi connectivity index (χ1) is 9.83. The highest BCUT2D eigenvalue weighted by atomic mass is 19.4. The lowest BCUT2D eigenvalue weighted by molar-refractivity contribution is -0.179. The van der Waals surface area contributed by atoms with Crippen LogP contribution in [0.1, 0.15) is 46.5 Å². The van der Waals surface area contributed by atoms with Crippen LogP contribution in [0, 0.1) is 11.3 Å². The summed E-state index contributed by atoms with van der Waals surface area (Å²) in [7, 11) is 0. The van der Waals surface area contributed by atoms with Crippen LogP contribution >= 0.6 is 0 Å². The zero-order valence-corrected chi connectivity index (χ0v) is 12.9. The van der Waals surface area contributed by atoms with E-state index in [1.807, 2.05) is 0 Å². The molecule has 0 aromatic carbocycles. The summed E-state index contributed by atoms with van der Waals surface area (Å²) in [5.74, 6) is -1.58. The molecule has 1 unspecified atom stereocenters. The summed E-state index contributed by atoms with van der Waals surface area (Å²) in [5.41, 5.74) is -2.85. The van der Waals surface area contributed by atoms with Crippen molar-refractivity contribution in [1.29, 1.82) is 0 Å². The second kappa shape index (κ2) is 6.34. The van der Waals surface area contributed by atoms with Gasteiger partial charge in [0.25, 0.3) is 0 Å². The van der Waals surface area contributed by atoms with E-state index in [-0.39, 0.29) is 12.3 Å². The van der Waals surface area contributed by atoms with Gasteiger partial charge in [0.2, 0.25) is 0 Å². The highest BCUT2D eigenvalue weighted by Gasteiger charge is 2.50. The van der Waals surface area contributed by atoms with Gasteiger partial charge in [-0.05, 0) is 33.1 Å². The van der Waals surface area contributed by atoms with Crippen molar-refractivity contribution in [2.75, 3.05) is 6.54 Å². The van der Waals surface area contributed by atoms with Crippen LogP contribution in [0.5, 0.6) is 0 Å². The predicted octanol–water partition coefficient (Wildman–Crippen LogP) is 3.33. The number of hydrogen-bond donors (Lipinski definition) is 2. The number of alkyl halides is 3. The summed E-state index contributed by atoms with van der Waals surface area (Å²) < 4.78 is 43.2. The van der Waals surface area contributed by atoms with Gasteiger partial charge in [0.15, 0.2) is 0 Å². The second-order valence-electron chi connectivity index (χ2n) is 6.88. The van der Waals surface area contributed by atoms with Crippen molar-refractivity contribution in [3.63, 3.8) is 0 Å². The van der Waals surface area contributed by atoms with Crippen molar-refractivity contribution in [1.82, 2.24) is 5.32 Å². The van der Waals surface area contributed by atoms with Gasteiger partial charge in [-0.1, -0.05) is 12.8 Å². The fourth-order valence-corrected chi connectivity index (χ4v) is 2.26. The average molecular weight is 325 g/mol. The number of carbonyl (C=O) groups is 2. The zero-order valence-electron chi connectivity index (χ0n) is 12.9. The third-order valence-electron chi connectivity index (χ3n) is 3.34. The van der Waals surface area contributed by atoms with E-state index in [4.69, 9.17) is 4.74 Å². The lowest BCUT2D eigenvalue weighted by Crippen LogP contribution is -2.47. The molecule has 2 N–H and O–H groups in total. The molecule has 1 fully saturated rings. The Morgan fingerprint density at radius 2 is 1.77 bits per heavy atom. The molecule has 1 atom stereocenters. The molecule has 0 aromatic rings. The summed E-state index contributed by atoms with van der Waals surface area (Å²) in [6.07, 6.45) is -5.67. The van der Waals surface area contributed by atoms with Gasteiger partial charge in [0.05, 0.1) is 11.8 Å². The first-order valence-electron chi connectivity index (χ1n) is 7.10. The lowest BCUT2D eigenvalue weighted by atomic mass is 9.79. The number of hydrogen-bond acceptors (Lipinski definition) is 3. The molecule has 0 heterocycles. The number of nitrogens with one attached hydrogen (secondary N) is 1. The molecule has 0 aromatic heterocycles. The van der Waals surface area contributed by atoms with Crippen molar-refractivity contribution < 1.29 is 32.6 Å². The van der Waals surface area contributed by atoms with E-state index in [9.17, 15) is 27.9 Å². The highest BCUT2D eigenvalue weighted by molar-refractivity contribution is 5.76. The third-order valence-corrected chi connectivity index (χ3v) is 3.34. The standard InChI is InChI=1S/C14H22F3NO4/c1-12(2,3)22-11(21)18-8-13(10(19)20,6-9-4-5-9)7-14(15,16)17/h9H,4-8H2,1-3H3,(H,18,21)(H,19,20). The number of aliphatic carboxylic acids is 1. The second-order valence-corrected chi connectivity index (χ2v) is 6.88. The molecule has 22 heavy (non-hydrogen) atoms. The number of amides is 1. The molecule has 0 saturated heterocycles. The van der Waals surface area contributed by atoms with Crippen molar-refractivity contribution in [2.24, 2.45) is 11.3 Å². The summed E-state index contributed by atoms with van der Waals surface area (Å²) in [6, 6.07) is 0. The van der Waals surface area contributed by atoms with Gasteiger partial charge in [-0.3, -0.25) is 4.79 Å². The first kappa shape index (κ1) is 18.6. The molecule has 0 radical (unpaired) electrons. The van der Waals surface area contributed by atoms with E-state index in [1.54, 1.807) is 20.8 Å². The number of rotatable bonds is 6. The van der Waals surface area contributed by atoms with Crippen molar-refractivity contribution in [2.45, 2.75) is 58.2 Å². The van der Waals surface area contributed by atoms with Crippen LogP contribution in [0.25, 0.3) is 0 Å². The lowest BCUT2D eigenvalue weighted by Gasteiger charge is -2.31. The van der Waals surface area contributed by atoms with E-state index < -0.39 is 42.2 Å². The molecule has 0 bridgehead atoms. The van der Waals surface area contributed by atoms with E-state index in [0.717, 1.165) is 12.8 Å². The molecule has 1 aliphatic rings. The Morgan fingerprint density at radius 3 is 2.14 bits per heavy atom. The number of carbonyl (C=O) groups excluding carboxylic acids is 1. The van der Waals surface area contributed by atoms with Crippen LogP contribution in [0.15, 0.2) is 0 Å². The smallest absolute Gasteiger partial charge is 0.407 e. The molecule has 128 valence electrons. The van der Waals surface area contributed by atoms with Crippen LogP contribution in [0.2, 0.25) is 0 Å². The van der Waals surface area contributed by atoms with Gasteiger partial charge in [-0.15, -0.1) is 0 Å². The summed E-state index contributed by atoms with van der Waals surface area (Å²) in [6.45, 7) is 4.22. The largest absolute Gasteiger partial charge is 0.481 e. The minimum atomic E-state index is -4.62. The Bertz CT molecular complexity index is 427. The first-order valence-corrected chi connectivity index (χ1v) is 7.10. The minimum Gasteiger partial charge on any atom is -0.481 e. The van der Waals surface area contributed by atoms with E-state index in [0.29, 0.717) is 0 Å². The molecular formula is C14H22F3NO4. The minimum absolute atomic E-state index is 0.0288. The van der Waals surface area contributed by atoms with Gasteiger partial charge in [-0.25, -0.2) is 4.79 Å². The summed E-state index contributed by atoms with van der Waals surface area (Å²) >= 11 is 0. The molecule has 1 amide bonds. The quantitative estimate of drug-likeness (QED) is 0.785. The summed E-state index contributed by atoms with van der Waals surface area (Å²) in [4.78, 5) is 23.1. The SMILES string of the molecule is CC(C)(C)OC(=O)NCC(CC1CC1)(CC(F)(F)F)C(=O)O. The van der Waals surface area contributed by atoms with Gasteiger partial charge in [-0.2, -0.15) is 13.2 Å². The highest BCUT2D eigenvalue weighted by Crippen LogP contribution is 2.45. The maximum atomic E-state index is 12.8. The Morgan fingerprint density at radius 1 is 1.23 bits per heavy atom. The van der Waals surface area contributed by atoms with Gasteiger partial charge >= 0.3 is 18.2 Å². The monoisotopic (exact) mass is 325 g/mol. The number of alkyl carbamates (subject to hydrolysis) is 1. The van der Waals surface area contributed by atoms with Crippen molar-refractivity contribution in [3.05, 3.63) is 0 Å². The van der Waals surface area contributed by atoms with E-state index in [1.165, 1.54) is 0 Å². The van der Waals surface area contributed by atoms with Gasteiger partial charge in [0, 0.05) is 6.54 Å². The number of ether oxygens (including phenoxy) is 1. The van der Waals surface area contributed by atoms with Crippen molar-refractivity contribution >= 4 is 12.1 Å². The van der Waals surface area contributed by atoms with Crippen LogP contribution < -0.4 is 5.32 Å². The number of halogens is 3. The molecular weight excluding hydrogens is 303 g/mol. The molecule has 8 heteroatoms. The number of carboxylic acid groups (broad SMARTS) is 1. The fraction of sp³-hybridized carbons (Fsp3) is 0.857. The Balaban J connectivity index is 2.79. The third kappa shape index (κ3) is 6.53. The van der Waals surface area contributed by atoms with Gasteiger partial charge in [0.1, 0.15) is 5.60 Å². The fourth-order valence-electron chi connectivity index (χ4n) is 2.26.